The highest BCUT2D eigenvalue weighted by molar-refractivity contribution is 7.91. The molecule has 0 saturated carbocycles. The van der Waals surface area contributed by atoms with Crippen LogP contribution in [-0.2, 0) is 9.84 Å². The van der Waals surface area contributed by atoms with Gasteiger partial charge in [-0.15, -0.1) is 0 Å². The maximum Gasteiger partial charge on any atom is 0.256 e. The molecule has 0 atom stereocenters. The molecule has 0 saturated heterocycles. The van der Waals surface area contributed by atoms with E-state index in [4.69, 9.17) is 0 Å². The maximum atomic E-state index is 13.4. The minimum Gasteiger partial charge on any atom is -0.322 e. The van der Waals surface area contributed by atoms with Gasteiger partial charge in [0.1, 0.15) is 0 Å². The van der Waals surface area contributed by atoms with Crippen LogP contribution >= 0.6 is 0 Å². The Morgan fingerprint density at radius 2 is 1.00 bits per heavy atom. The van der Waals surface area contributed by atoms with Crippen molar-refractivity contribution in [3.8, 4) is 0 Å². The van der Waals surface area contributed by atoms with Gasteiger partial charge in [0.2, 0.25) is 9.84 Å². The van der Waals surface area contributed by atoms with Crippen molar-refractivity contribution in [3.63, 3.8) is 0 Å². The predicted octanol–water partition coefficient (Wildman–Crippen LogP) is 6.31. The molecule has 0 spiro atoms. The molecule has 0 radical (unpaired) electrons. The van der Waals surface area contributed by atoms with E-state index in [1.807, 2.05) is 0 Å². The Kier molecular flexibility index (Phi) is 7.46. The van der Waals surface area contributed by atoms with E-state index in [2.05, 4.69) is 23.8 Å². The second-order valence-electron chi connectivity index (χ2n) is 8.05. The minimum atomic E-state index is -3.95. The number of carbonyl (C=O) groups excluding carboxylic acids is 2. The summed E-state index contributed by atoms with van der Waals surface area (Å²) in [6.07, 6.45) is 3.16. The van der Waals surface area contributed by atoms with E-state index in [0.29, 0.717) is 33.6 Å². The molecule has 6 nitrogen and oxygen atoms in total. The fraction of sp³-hybridized carbons (Fsp3) is 0. The van der Waals surface area contributed by atoms with Crippen molar-refractivity contribution in [1.82, 2.24) is 0 Å². The lowest BCUT2D eigenvalue weighted by Gasteiger charge is -2.12. The summed E-state index contributed by atoms with van der Waals surface area (Å²) in [6.45, 7) is 7.44. The van der Waals surface area contributed by atoms with Gasteiger partial charge in [0.05, 0.1) is 9.79 Å². The van der Waals surface area contributed by atoms with Crippen molar-refractivity contribution in [2.24, 2.45) is 0 Å². The van der Waals surface area contributed by atoms with Crippen LogP contribution in [0.4, 0.5) is 11.4 Å². The number of benzene rings is 4. The summed E-state index contributed by atoms with van der Waals surface area (Å²) in [7, 11) is -3.95. The molecule has 0 aliphatic carbocycles. The smallest absolute Gasteiger partial charge is 0.256 e. The number of anilines is 2. The molecule has 0 bridgehead atoms. The third-order valence-corrected chi connectivity index (χ3v) is 7.40. The molecule has 0 aliphatic heterocycles. The van der Waals surface area contributed by atoms with Crippen LogP contribution in [0.15, 0.2) is 120 Å². The fourth-order valence-corrected chi connectivity index (χ4v) is 5.13. The summed E-state index contributed by atoms with van der Waals surface area (Å²) in [5, 5.41) is 5.49. The fourth-order valence-electron chi connectivity index (χ4n) is 3.78. The average Bonchev–Trinajstić information content (AvgIpc) is 2.93. The van der Waals surface area contributed by atoms with Crippen LogP contribution in [0.2, 0.25) is 0 Å². The van der Waals surface area contributed by atoms with Crippen LogP contribution in [0.5, 0.6) is 0 Å². The largest absolute Gasteiger partial charge is 0.322 e. The minimum absolute atomic E-state index is 0.00258. The number of hydrogen-bond donors (Lipinski definition) is 2. The highest BCUT2D eigenvalue weighted by Gasteiger charge is 2.20. The van der Waals surface area contributed by atoms with E-state index in [0.717, 1.165) is 0 Å². The molecule has 2 N–H and O–H groups in total. The van der Waals surface area contributed by atoms with Crippen molar-refractivity contribution in [2.75, 3.05) is 10.6 Å². The van der Waals surface area contributed by atoms with Gasteiger partial charge in [-0.1, -0.05) is 73.8 Å². The molecule has 0 unspecified atom stereocenters. The van der Waals surface area contributed by atoms with Gasteiger partial charge in [0.25, 0.3) is 11.8 Å². The van der Waals surface area contributed by atoms with Crippen molar-refractivity contribution in [3.05, 3.63) is 132 Å². The summed E-state index contributed by atoms with van der Waals surface area (Å²) in [5.74, 6) is -0.760. The molecule has 0 aromatic heterocycles. The van der Waals surface area contributed by atoms with Gasteiger partial charge in [-0.3, -0.25) is 9.59 Å². The lowest BCUT2D eigenvalue weighted by atomic mass is 10.1. The third kappa shape index (κ3) is 5.58. The second kappa shape index (κ2) is 10.9. The van der Waals surface area contributed by atoms with Crippen molar-refractivity contribution in [1.29, 1.82) is 0 Å². The topological polar surface area (TPSA) is 92.3 Å². The summed E-state index contributed by atoms with van der Waals surface area (Å²) >= 11 is 0. The van der Waals surface area contributed by atoms with E-state index in [-0.39, 0.29) is 21.6 Å². The van der Waals surface area contributed by atoms with Gasteiger partial charge in [0, 0.05) is 22.5 Å². The Labute approximate surface area is 215 Å². The molecule has 0 aliphatic rings. The Bertz CT molecular complexity index is 1510. The predicted molar refractivity (Wildman–Crippen MR) is 147 cm³/mol. The first kappa shape index (κ1) is 25.3. The Hall–Kier alpha value is -4.75. The SMILES string of the molecule is C=Cc1ccccc1C(=O)Nc1cccc(S(=O)(=O)c2cccc(NC(=O)c3ccccc3C=C)c2)c1. The van der Waals surface area contributed by atoms with Gasteiger partial charge in [0.15, 0.2) is 0 Å². The molecule has 4 aromatic carbocycles. The summed E-state index contributed by atoms with van der Waals surface area (Å²) < 4.78 is 26.8. The Morgan fingerprint density at radius 3 is 1.41 bits per heavy atom. The zero-order chi connectivity index (χ0) is 26.4. The van der Waals surface area contributed by atoms with E-state index in [1.165, 1.54) is 24.3 Å². The highest BCUT2D eigenvalue weighted by Crippen LogP contribution is 2.26. The van der Waals surface area contributed by atoms with Crippen molar-refractivity contribution < 1.29 is 18.0 Å². The zero-order valence-corrected chi connectivity index (χ0v) is 20.7. The zero-order valence-electron chi connectivity index (χ0n) is 19.8. The number of nitrogens with one attached hydrogen (secondary N) is 2. The molecule has 4 aromatic rings. The van der Waals surface area contributed by atoms with Crippen LogP contribution in [0.1, 0.15) is 31.8 Å². The number of hydrogen-bond acceptors (Lipinski definition) is 4. The van der Waals surface area contributed by atoms with Crippen LogP contribution in [0, 0.1) is 0 Å². The molecular formula is C30H24N2O4S. The quantitative estimate of drug-likeness (QED) is 0.292. The first-order valence-corrected chi connectivity index (χ1v) is 12.8. The van der Waals surface area contributed by atoms with Crippen LogP contribution < -0.4 is 10.6 Å². The van der Waals surface area contributed by atoms with Gasteiger partial charge >= 0.3 is 0 Å². The van der Waals surface area contributed by atoms with Crippen LogP contribution in [0.3, 0.4) is 0 Å². The molecule has 2 amide bonds. The van der Waals surface area contributed by atoms with Gasteiger partial charge in [-0.2, -0.15) is 0 Å². The van der Waals surface area contributed by atoms with E-state index in [9.17, 15) is 18.0 Å². The van der Waals surface area contributed by atoms with E-state index < -0.39 is 9.84 Å². The van der Waals surface area contributed by atoms with Crippen LogP contribution in [0.25, 0.3) is 12.2 Å². The first-order valence-electron chi connectivity index (χ1n) is 11.3. The number of amides is 2. The summed E-state index contributed by atoms with van der Waals surface area (Å²) in [6, 6.07) is 26.0. The molecule has 0 fully saturated rings. The lowest BCUT2D eigenvalue weighted by molar-refractivity contribution is 0.101. The summed E-state index contributed by atoms with van der Waals surface area (Å²) in [5.41, 5.74) is 2.84. The monoisotopic (exact) mass is 508 g/mol. The average molecular weight is 509 g/mol. The molecule has 184 valence electrons. The number of sulfone groups is 1. The van der Waals surface area contributed by atoms with Gasteiger partial charge < -0.3 is 10.6 Å². The Morgan fingerprint density at radius 1 is 0.595 bits per heavy atom. The molecule has 37 heavy (non-hydrogen) atoms. The summed E-state index contributed by atoms with van der Waals surface area (Å²) in [4.78, 5) is 25.6. The highest BCUT2D eigenvalue weighted by atomic mass is 32.2. The first-order chi connectivity index (χ1) is 17.8. The Balaban J connectivity index is 1.58. The third-order valence-electron chi connectivity index (χ3n) is 5.66. The maximum absolute atomic E-state index is 13.4. The second-order valence-corrected chi connectivity index (χ2v) is 10.00. The molecule has 0 heterocycles. The molecule has 4 rings (SSSR count). The standard InChI is InChI=1S/C30H24N2O4S/c1-3-21-11-5-7-17-27(21)29(33)31-23-13-9-15-25(19-23)37(35,36)26-16-10-14-24(20-26)32-30(34)28-18-8-6-12-22(28)4-2/h3-20H,1-2H2,(H,31,33)(H,32,34). The molecular weight excluding hydrogens is 484 g/mol. The number of rotatable bonds is 8. The van der Waals surface area contributed by atoms with E-state index in [1.54, 1.807) is 84.9 Å². The normalized spacial score (nSPS) is 10.8. The van der Waals surface area contributed by atoms with Gasteiger partial charge in [-0.05, 0) is 59.7 Å². The lowest BCUT2D eigenvalue weighted by Crippen LogP contribution is -2.14. The van der Waals surface area contributed by atoms with Crippen molar-refractivity contribution >= 4 is 45.2 Å². The molecule has 7 heteroatoms. The van der Waals surface area contributed by atoms with E-state index >= 15 is 0 Å². The van der Waals surface area contributed by atoms with Gasteiger partial charge in [-0.25, -0.2) is 8.42 Å². The number of carbonyl (C=O) groups is 2. The van der Waals surface area contributed by atoms with Crippen LogP contribution in [-0.4, -0.2) is 20.2 Å². The van der Waals surface area contributed by atoms with Crippen molar-refractivity contribution in [2.45, 2.75) is 9.79 Å².